The first kappa shape index (κ1) is 13.1. The van der Waals surface area contributed by atoms with E-state index >= 15 is 0 Å². The van der Waals surface area contributed by atoms with E-state index in [2.05, 4.69) is 6.92 Å². The molecule has 2 N–H and O–H groups in total. The molecule has 1 saturated heterocycles. The van der Waals surface area contributed by atoms with E-state index in [1.807, 2.05) is 12.1 Å². The van der Waals surface area contributed by atoms with Crippen LogP contribution >= 0.6 is 0 Å². The lowest BCUT2D eigenvalue weighted by molar-refractivity contribution is 0.0896. The van der Waals surface area contributed by atoms with Crippen molar-refractivity contribution in [2.24, 2.45) is 11.7 Å². The first-order valence-corrected chi connectivity index (χ1v) is 6.32. The van der Waals surface area contributed by atoms with Crippen LogP contribution in [0.1, 0.15) is 23.7 Å². The van der Waals surface area contributed by atoms with Gasteiger partial charge in [0.15, 0.2) is 5.78 Å². The molecule has 0 radical (unpaired) electrons. The van der Waals surface area contributed by atoms with E-state index in [-0.39, 0.29) is 17.7 Å². The minimum absolute atomic E-state index is 0.0574. The lowest BCUT2D eigenvalue weighted by atomic mass is 9.94. The fourth-order valence-corrected chi connectivity index (χ4v) is 1.99. The highest BCUT2D eigenvalue weighted by Crippen LogP contribution is 2.20. The molecule has 4 nitrogen and oxygen atoms in total. The largest absolute Gasteiger partial charge is 0.494 e. The quantitative estimate of drug-likeness (QED) is 0.806. The number of carbonyl (C=O) groups excluding carboxylic acids is 1. The van der Waals surface area contributed by atoms with Crippen LogP contribution in [0.15, 0.2) is 24.3 Å². The molecule has 0 aromatic heterocycles. The third-order valence-electron chi connectivity index (χ3n) is 3.07. The number of benzene rings is 1. The maximum absolute atomic E-state index is 12.2. The zero-order valence-electron chi connectivity index (χ0n) is 10.6. The number of carbonyl (C=O) groups is 1. The standard InChI is InChI=1S/C14H19NO3/c1-2-7-18-11-5-3-10(4-6-11)14(16)12-8-17-9-13(12)15/h3-6,12-13H,2,7-9,15H2,1H3. The Balaban J connectivity index is 2.02. The molecule has 2 rings (SSSR count). The number of rotatable bonds is 5. The third-order valence-corrected chi connectivity index (χ3v) is 3.07. The van der Waals surface area contributed by atoms with E-state index in [0.29, 0.717) is 25.4 Å². The van der Waals surface area contributed by atoms with E-state index in [9.17, 15) is 4.79 Å². The second-order valence-corrected chi connectivity index (χ2v) is 4.54. The molecular formula is C14H19NO3. The Morgan fingerprint density at radius 1 is 1.39 bits per heavy atom. The minimum Gasteiger partial charge on any atom is -0.494 e. The highest BCUT2D eigenvalue weighted by molar-refractivity contribution is 5.98. The highest BCUT2D eigenvalue weighted by atomic mass is 16.5. The summed E-state index contributed by atoms with van der Waals surface area (Å²) in [6.07, 6.45) is 0.967. The predicted molar refractivity (Wildman–Crippen MR) is 68.8 cm³/mol. The molecule has 1 aliphatic heterocycles. The van der Waals surface area contributed by atoms with Crippen LogP contribution in [0.3, 0.4) is 0 Å². The molecule has 0 aliphatic carbocycles. The van der Waals surface area contributed by atoms with Gasteiger partial charge in [0.05, 0.1) is 25.7 Å². The molecule has 1 fully saturated rings. The van der Waals surface area contributed by atoms with Gasteiger partial charge in [-0.15, -0.1) is 0 Å². The molecule has 1 heterocycles. The Bertz CT molecular complexity index is 402. The second-order valence-electron chi connectivity index (χ2n) is 4.54. The summed E-state index contributed by atoms with van der Waals surface area (Å²) in [5, 5.41) is 0. The van der Waals surface area contributed by atoms with Gasteiger partial charge in [-0.1, -0.05) is 6.92 Å². The van der Waals surface area contributed by atoms with Gasteiger partial charge < -0.3 is 15.2 Å². The molecule has 0 saturated carbocycles. The molecule has 0 bridgehead atoms. The molecule has 2 unspecified atom stereocenters. The van der Waals surface area contributed by atoms with E-state index in [0.717, 1.165) is 12.2 Å². The van der Waals surface area contributed by atoms with Crippen molar-refractivity contribution in [1.82, 2.24) is 0 Å². The van der Waals surface area contributed by atoms with Gasteiger partial charge in [-0.25, -0.2) is 0 Å². The first-order chi connectivity index (χ1) is 8.72. The van der Waals surface area contributed by atoms with Gasteiger partial charge in [0, 0.05) is 11.6 Å². The van der Waals surface area contributed by atoms with Crippen molar-refractivity contribution >= 4 is 5.78 Å². The molecule has 98 valence electrons. The molecule has 4 heteroatoms. The van der Waals surface area contributed by atoms with E-state index in [1.165, 1.54) is 0 Å². The van der Waals surface area contributed by atoms with Crippen molar-refractivity contribution in [2.75, 3.05) is 19.8 Å². The summed E-state index contributed by atoms with van der Waals surface area (Å²) in [5.74, 6) is 0.634. The average Bonchev–Trinajstić information content (AvgIpc) is 2.82. The van der Waals surface area contributed by atoms with Gasteiger partial charge in [-0.2, -0.15) is 0 Å². The van der Waals surface area contributed by atoms with Crippen molar-refractivity contribution in [3.8, 4) is 5.75 Å². The zero-order valence-corrected chi connectivity index (χ0v) is 10.6. The van der Waals surface area contributed by atoms with Gasteiger partial charge in [0.25, 0.3) is 0 Å². The summed E-state index contributed by atoms with van der Waals surface area (Å²) in [6.45, 7) is 3.64. The minimum atomic E-state index is -0.215. The molecule has 1 aromatic carbocycles. The van der Waals surface area contributed by atoms with Gasteiger partial charge >= 0.3 is 0 Å². The van der Waals surface area contributed by atoms with Crippen LogP contribution in [0.4, 0.5) is 0 Å². The number of hydrogen-bond donors (Lipinski definition) is 1. The van der Waals surface area contributed by atoms with Gasteiger partial charge in [0.2, 0.25) is 0 Å². The van der Waals surface area contributed by atoms with Crippen LogP contribution in [0.2, 0.25) is 0 Å². The molecule has 0 amide bonds. The van der Waals surface area contributed by atoms with Gasteiger partial charge in [-0.3, -0.25) is 4.79 Å². The third kappa shape index (κ3) is 2.89. The summed E-state index contributed by atoms with van der Waals surface area (Å²) in [6, 6.07) is 7.04. The number of ether oxygens (including phenoxy) is 2. The van der Waals surface area contributed by atoms with Crippen LogP contribution in [-0.4, -0.2) is 31.6 Å². The second kappa shape index (κ2) is 5.98. The molecular weight excluding hydrogens is 230 g/mol. The highest BCUT2D eigenvalue weighted by Gasteiger charge is 2.31. The lowest BCUT2D eigenvalue weighted by Gasteiger charge is -2.12. The summed E-state index contributed by atoms with van der Waals surface area (Å²) in [5.41, 5.74) is 6.51. The summed E-state index contributed by atoms with van der Waals surface area (Å²) >= 11 is 0. The predicted octanol–water partition coefficient (Wildman–Crippen LogP) is 1.63. The Morgan fingerprint density at radius 2 is 2.11 bits per heavy atom. The van der Waals surface area contributed by atoms with Crippen molar-refractivity contribution < 1.29 is 14.3 Å². The Labute approximate surface area is 107 Å². The fraction of sp³-hybridized carbons (Fsp3) is 0.500. The van der Waals surface area contributed by atoms with E-state index in [4.69, 9.17) is 15.2 Å². The maximum atomic E-state index is 12.2. The SMILES string of the molecule is CCCOc1ccc(C(=O)C2COCC2N)cc1. The average molecular weight is 249 g/mol. The Kier molecular flexibility index (Phi) is 4.33. The van der Waals surface area contributed by atoms with Crippen LogP contribution < -0.4 is 10.5 Å². The monoisotopic (exact) mass is 249 g/mol. The molecule has 1 aromatic rings. The van der Waals surface area contributed by atoms with Gasteiger partial charge in [-0.05, 0) is 30.7 Å². The summed E-state index contributed by atoms with van der Waals surface area (Å²) in [7, 11) is 0. The topological polar surface area (TPSA) is 61.5 Å². The molecule has 1 aliphatic rings. The number of ketones is 1. The van der Waals surface area contributed by atoms with Crippen LogP contribution in [0, 0.1) is 5.92 Å². The lowest BCUT2D eigenvalue weighted by Crippen LogP contribution is -2.34. The summed E-state index contributed by atoms with van der Waals surface area (Å²) < 4.78 is 10.7. The van der Waals surface area contributed by atoms with Crippen molar-refractivity contribution in [1.29, 1.82) is 0 Å². The van der Waals surface area contributed by atoms with Crippen LogP contribution in [0.25, 0.3) is 0 Å². The molecule has 2 atom stereocenters. The smallest absolute Gasteiger partial charge is 0.169 e. The van der Waals surface area contributed by atoms with Crippen molar-refractivity contribution in [3.05, 3.63) is 29.8 Å². The Morgan fingerprint density at radius 3 is 2.67 bits per heavy atom. The zero-order chi connectivity index (χ0) is 13.0. The van der Waals surface area contributed by atoms with E-state index in [1.54, 1.807) is 12.1 Å². The summed E-state index contributed by atoms with van der Waals surface area (Å²) in [4.78, 5) is 12.2. The molecule has 18 heavy (non-hydrogen) atoms. The normalized spacial score (nSPS) is 23.0. The number of nitrogens with two attached hydrogens (primary N) is 1. The number of hydrogen-bond acceptors (Lipinski definition) is 4. The maximum Gasteiger partial charge on any atom is 0.169 e. The van der Waals surface area contributed by atoms with Gasteiger partial charge in [0.1, 0.15) is 5.75 Å². The van der Waals surface area contributed by atoms with Crippen molar-refractivity contribution in [2.45, 2.75) is 19.4 Å². The van der Waals surface area contributed by atoms with Crippen LogP contribution in [-0.2, 0) is 4.74 Å². The Hall–Kier alpha value is -1.39. The molecule has 0 spiro atoms. The van der Waals surface area contributed by atoms with Crippen molar-refractivity contribution in [3.63, 3.8) is 0 Å². The van der Waals surface area contributed by atoms with E-state index < -0.39 is 0 Å². The first-order valence-electron chi connectivity index (χ1n) is 6.32. The fourth-order valence-electron chi connectivity index (χ4n) is 1.99. The number of Topliss-reactive ketones (excluding diaryl/α,β-unsaturated/α-hetero) is 1. The van der Waals surface area contributed by atoms with Crippen LogP contribution in [0.5, 0.6) is 5.75 Å².